The zero-order valence-electron chi connectivity index (χ0n) is 37.9. The fourth-order valence-electron chi connectivity index (χ4n) is 7.40. The molecule has 0 spiro atoms. The summed E-state index contributed by atoms with van der Waals surface area (Å²) in [4.78, 5) is 29.0. The van der Waals surface area contributed by atoms with Crippen LogP contribution in [0.5, 0.6) is 11.5 Å². The van der Waals surface area contributed by atoms with Gasteiger partial charge in [-0.25, -0.2) is 4.39 Å². The van der Waals surface area contributed by atoms with Gasteiger partial charge in [0.05, 0.1) is 17.1 Å². The minimum atomic E-state index is -1.23. The topological polar surface area (TPSA) is 124 Å². The van der Waals surface area contributed by atoms with Gasteiger partial charge in [-0.1, -0.05) is 133 Å². The molecule has 7 rings (SSSR count). The standard InChI is InChI=1S/C51H56FN7O4S/c1-10-42(62-44-29-25-35(50(6,7)11-2)31-39(44)51(8,9)12-3)47(60)53-40-20-16-17-21-41(40)59-48(61)46(45(55-59)34-23-26-36(52)27-24-34)63-43-28-22-32(4)30-38(43)33(5)64-49-54-56-57-58(49)37-18-14-13-15-19-37/h13-31,33,42,46H,10-12H2,1-9H3,(H,53,60). The number of aryl methyl sites for hydroxylation is 1. The number of hydrazone groups is 1. The van der Waals surface area contributed by atoms with Crippen LogP contribution in [0, 0.1) is 12.7 Å². The Labute approximate surface area is 379 Å². The first-order chi connectivity index (χ1) is 30.6. The molecule has 0 fully saturated rings. The highest BCUT2D eigenvalue weighted by Gasteiger charge is 2.41. The third kappa shape index (κ3) is 9.74. The number of rotatable bonds is 17. The number of thioether (sulfide) groups is 1. The molecule has 1 N–H and O–H groups in total. The van der Waals surface area contributed by atoms with Gasteiger partial charge < -0.3 is 14.8 Å². The molecule has 332 valence electrons. The van der Waals surface area contributed by atoms with Crippen LogP contribution in [0.2, 0.25) is 0 Å². The minimum absolute atomic E-state index is 0.0256. The minimum Gasteiger partial charge on any atom is -0.480 e. The third-order valence-corrected chi connectivity index (χ3v) is 13.3. The molecule has 3 atom stereocenters. The summed E-state index contributed by atoms with van der Waals surface area (Å²) < 4.78 is 29.3. The molecule has 0 bridgehead atoms. The number of hydrogen-bond acceptors (Lipinski definition) is 9. The van der Waals surface area contributed by atoms with Crippen LogP contribution >= 0.6 is 11.8 Å². The molecular formula is C51H56FN7O4S. The Kier molecular flexibility index (Phi) is 13.7. The van der Waals surface area contributed by atoms with Gasteiger partial charge in [0.25, 0.3) is 11.8 Å². The van der Waals surface area contributed by atoms with E-state index in [-0.39, 0.29) is 27.7 Å². The SMILES string of the molecule is CCC(Oc1ccc(C(C)(C)CC)cc1C(C)(C)CC)C(=O)Nc1ccccc1N1N=C(c2ccc(F)cc2)C(Oc2ccc(C)cc2C(C)Sc2nnnn2-c2ccccc2)C1=O. The van der Waals surface area contributed by atoms with Crippen molar-refractivity contribution in [2.24, 2.45) is 5.10 Å². The smallest absolute Gasteiger partial charge is 0.294 e. The maximum absolute atomic E-state index is 14.8. The van der Waals surface area contributed by atoms with E-state index in [4.69, 9.17) is 14.6 Å². The molecule has 1 aliphatic heterocycles. The van der Waals surface area contributed by atoms with Crippen LogP contribution in [0.3, 0.4) is 0 Å². The number of nitrogens with zero attached hydrogens (tertiary/aromatic N) is 6. The first-order valence-electron chi connectivity index (χ1n) is 21.8. The maximum Gasteiger partial charge on any atom is 0.294 e. The van der Waals surface area contributed by atoms with Gasteiger partial charge in [-0.3, -0.25) is 9.59 Å². The monoisotopic (exact) mass is 881 g/mol. The van der Waals surface area contributed by atoms with Crippen molar-refractivity contribution in [2.45, 2.75) is 115 Å². The molecule has 0 saturated carbocycles. The van der Waals surface area contributed by atoms with Crippen molar-refractivity contribution in [3.05, 3.63) is 149 Å². The predicted octanol–water partition coefficient (Wildman–Crippen LogP) is 11.3. The zero-order chi connectivity index (χ0) is 45.8. The fourth-order valence-corrected chi connectivity index (χ4v) is 8.35. The first-order valence-corrected chi connectivity index (χ1v) is 22.7. The maximum atomic E-state index is 14.8. The van der Waals surface area contributed by atoms with Crippen molar-refractivity contribution >= 4 is 40.7 Å². The summed E-state index contributed by atoms with van der Waals surface area (Å²) in [6, 6.07) is 34.5. The Morgan fingerprint density at radius 3 is 2.25 bits per heavy atom. The number of tetrazole rings is 1. The van der Waals surface area contributed by atoms with Crippen molar-refractivity contribution in [1.82, 2.24) is 20.2 Å². The number of carbonyl (C=O) groups is 2. The number of carbonyl (C=O) groups excluding carboxylic acids is 2. The molecule has 1 aromatic heterocycles. The molecule has 11 nitrogen and oxygen atoms in total. The lowest BCUT2D eigenvalue weighted by atomic mass is 9.76. The molecule has 64 heavy (non-hydrogen) atoms. The average molecular weight is 882 g/mol. The second-order valence-corrected chi connectivity index (χ2v) is 18.7. The number of benzene rings is 5. The van der Waals surface area contributed by atoms with Gasteiger partial charge in [-0.05, 0) is 108 Å². The summed E-state index contributed by atoms with van der Waals surface area (Å²) in [5.74, 6) is -0.172. The van der Waals surface area contributed by atoms with E-state index in [0.717, 1.165) is 35.2 Å². The van der Waals surface area contributed by atoms with E-state index in [1.807, 2.05) is 75.4 Å². The first kappa shape index (κ1) is 45.7. The number of hydrogen-bond donors (Lipinski definition) is 1. The molecule has 5 aromatic carbocycles. The summed E-state index contributed by atoms with van der Waals surface area (Å²) in [6.07, 6.45) is 0.181. The number of nitrogens with one attached hydrogen (secondary N) is 1. The Hall–Kier alpha value is -6.34. The summed E-state index contributed by atoms with van der Waals surface area (Å²) >= 11 is 1.45. The number of aromatic nitrogens is 4. The van der Waals surface area contributed by atoms with Gasteiger partial charge in [0.2, 0.25) is 11.3 Å². The van der Waals surface area contributed by atoms with E-state index in [0.29, 0.717) is 40.0 Å². The average Bonchev–Trinajstić information content (AvgIpc) is 3.90. The summed E-state index contributed by atoms with van der Waals surface area (Å²) in [5.41, 5.74) is 6.13. The van der Waals surface area contributed by atoms with Crippen LogP contribution in [0.15, 0.2) is 126 Å². The van der Waals surface area contributed by atoms with Gasteiger partial charge in [0.1, 0.15) is 23.0 Å². The predicted molar refractivity (Wildman–Crippen MR) is 252 cm³/mol. The second-order valence-electron chi connectivity index (χ2n) is 17.4. The van der Waals surface area contributed by atoms with Crippen LogP contribution in [-0.2, 0) is 20.4 Å². The van der Waals surface area contributed by atoms with Gasteiger partial charge >= 0.3 is 0 Å². The fraction of sp³-hybridized carbons (Fsp3) is 0.333. The Morgan fingerprint density at radius 1 is 0.859 bits per heavy atom. The third-order valence-electron chi connectivity index (χ3n) is 12.2. The lowest BCUT2D eigenvalue weighted by Gasteiger charge is -2.31. The van der Waals surface area contributed by atoms with Gasteiger partial charge in [-0.2, -0.15) is 14.8 Å². The highest BCUT2D eigenvalue weighted by Crippen LogP contribution is 2.42. The van der Waals surface area contributed by atoms with E-state index in [2.05, 4.69) is 74.5 Å². The van der Waals surface area contributed by atoms with Crippen LogP contribution in [0.25, 0.3) is 5.69 Å². The molecule has 13 heteroatoms. The molecule has 6 aromatic rings. The number of amides is 2. The lowest BCUT2D eigenvalue weighted by molar-refractivity contribution is -0.123. The molecular weight excluding hydrogens is 826 g/mol. The van der Waals surface area contributed by atoms with E-state index >= 15 is 0 Å². The van der Waals surface area contributed by atoms with Gasteiger partial charge in [0.15, 0.2) is 6.10 Å². The van der Waals surface area contributed by atoms with Gasteiger partial charge in [0, 0.05) is 21.9 Å². The normalized spacial score (nSPS) is 15.2. The van der Waals surface area contributed by atoms with Gasteiger partial charge in [-0.15, -0.1) is 5.10 Å². The number of para-hydroxylation sites is 3. The quantitative estimate of drug-likeness (QED) is 0.0898. The van der Waals surface area contributed by atoms with E-state index in [1.165, 1.54) is 34.5 Å². The van der Waals surface area contributed by atoms with Crippen LogP contribution < -0.4 is 19.8 Å². The van der Waals surface area contributed by atoms with Crippen LogP contribution in [-0.4, -0.2) is 49.9 Å². The highest BCUT2D eigenvalue weighted by molar-refractivity contribution is 7.99. The Morgan fingerprint density at radius 2 is 1.55 bits per heavy atom. The van der Waals surface area contributed by atoms with Crippen molar-refractivity contribution in [2.75, 3.05) is 10.3 Å². The Bertz CT molecular complexity index is 2650. The van der Waals surface area contributed by atoms with Crippen molar-refractivity contribution in [1.29, 1.82) is 0 Å². The van der Waals surface area contributed by atoms with Crippen molar-refractivity contribution in [3.63, 3.8) is 0 Å². The second kappa shape index (κ2) is 19.2. The molecule has 3 unspecified atom stereocenters. The number of halogens is 1. The summed E-state index contributed by atoms with van der Waals surface area (Å²) in [5, 5.41) is 21.9. The van der Waals surface area contributed by atoms with Crippen LogP contribution in [0.1, 0.15) is 108 Å². The number of anilines is 2. The zero-order valence-corrected chi connectivity index (χ0v) is 38.7. The molecule has 2 amide bonds. The Balaban J connectivity index is 1.18. The van der Waals surface area contributed by atoms with Crippen molar-refractivity contribution in [3.8, 4) is 17.2 Å². The largest absolute Gasteiger partial charge is 0.480 e. The summed E-state index contributed by atoms with van der Waals surface area (Å²) in [6.45, 7) is 19.1. The molecule has 0 aliphatic carbocycles. The van der Waals surface area contributed by atoms with E-state index < -0.39 is 23.9 Å². The van der Waals surface area contributed by atoms with Crippen LogP contribution in [0.4, 0.5) is 15.8 Å². The molecule has 0 radical (unpaired) electrons. The van der Waals surface area contributed by atoms with E-state index in [9.17, 15) is 14.0 Å². The highest BCUT2D eigenvalue weighted by atomic mass is 32.2. The molecule has 1 aliphatic rings. The summed E-state index contributed by atoms with van der Waals surface area (Å²) in [7, 11) is 0. The van der Waals surface area contributed by atoms with Crippen molar-refractivity contribution < 1.29 is 23.5 Å². The number of ether oxygens (including phenoxy) is 2. The lowest BCUT2D eigenvalue weighted by Crippen LogP contribution is -2.38. The molecule has 0 saturated heterocycles. The van der Waals surface area contributed by atoms with E-state index in [1.54, 1.807) is 41.1 Å². The molecule has 2 heterocycles.